The zero-order valence-corrected chi connectivity index (χ0v) is 10.7. The second-order valence-electron chi connectivity index (χ2n) is 3.81. The molecule has 0 aliphatic carbocycles. The molecule has 0 radical (unpaired) electrons. The number of nitrogen functional groups attached to an aromatic ring is 1. The molecular weight excluding hydrogens is 216 g/mol. The van der Waals surface area contributed by atoms with Crippen molar-refractivity contribution in [1.29, 1.82) is 0 Å². The number of ether oxygens (including phenoxy) is 2. The highest BCUT2D eigenvalue weighted by Gasteiger charge is 2.03. The highest BCUT2D eigenvalue weighted by Crippen LogP contribution is 2.19. The summed E-state index contributed by atoms with van der Waals surface area (Å²) in [6.07, 6.45) is 0. The Bertz CT molecular complexity index is 318. The second-order valence-corrected chi connectivity index (χ2v) is 3.81. The summed E-state index contributed by atoms with van der Waals surface area (Å²) < 4.78 is 10.7. The number of nitrogens with two attached hydrogens (primary N) is 1. The van der Waals surface area contributed by atoms with Crippen LogP contribution >= 0.6 is 0 Å². The molecule has 1 aromatic rings. The molecule has 0 heterocycles. The van der Waals surface area contributed by atoms with E-state index in [-0.39, 0.29) is 0 Å². The van der Waals surface area contributed by atoms with Crippen LogP contribution in [0.1, 0.15) is 6.92 Å². The second kappa shape index (κ2) is 7.92. The van der Waals surface area contributed by atoms with E-state index >= 15 is 0 Å². The van der Waals surface area contributed by atoms with Gasteiger partial charge in [-0.2, -0.15) is 0 Å². The fraction of sp³-hybridized carbons (Fsp3) is 0.538. The zero-order valence-electron chi connectivity index (χ0n) is 10.7. The van der Waals surface area contributed by atoms with E-state index in [1.54, 1.807) is 7.11 Å². The summed E-state index contributed by atoms with van der Waals surface area (Å²) in [5.41, 5.74) is 6.48. The van der Waals surface area contributed by atoms with Crippen molar-refractivity contribution in [3.8, 4) is 5.75 Å². The largest absolute Gasteiger partial charge is 0.490 e. The Balaban J connectivity index is 2.28. The lowest BCUT2D eigenvalue weighted by Crippen LogP contribution is -2.31. The molecule has 0 saturated carbocycles. The third kappa shape index (κ3) is 5.06. The summed E-state index contributed by atoms with van der Waals surface area (Å²) in [4.78, 5) is 2.28. The third-order valence-electron chi connectivity index (χ3n) is 2.64. The van der Waals surface area contributed by atoms with Gasteiger partial charge in [-0.1, -0.05) is 19.1 Å². The van der Waals surface area contributed by atoms with Gasteiger partial charge >= 0.3 is 0 Å². The van der Waals surface area contributed by atoms with Crippen LogP contribution in [0.15, 0.2) is 24.3 Å². The number of hydrogen-bond acceptors (Lipinski definition) is 4. The van der Waals surface area contributed by atoms with Gasteiger partial charge in [0.1, 0.15) is 12.4 Å². The van der Waals surface area contributed by atoms with E-state index in [9.17, 15) is 0 Å². The molecule has 0 fully saturated rings. The van der Waals surface area contributed by atoms with Crippen LogP contribution in [0.4, 0.5) is 5.69 Å². The fourth-order valence-electron chi connectivity index (χ4n) is 1.55. The maximum Gasteiger partial charge on any atom is 0.142 e. The molecular formula is C13H22N2O2. The smallest absolute Gasteiger partial charge is 0.142 e. The first-order valence-electron chi connectivity index (χ1n) is 5.96. The molecule has 96 valence electrons. The average Bonchev–Trinajstić information content (AvgIpc) is 2.35. The number of rotatable bonds is 8. The first kappa shape index (κ1) is 13.8. The lowest BCUT2D eigenvalue weighted by molar-refractivity contribution is 0.138. The first-order chi connectivity index (χ1) is 8.27. The zero-order chi connectivity index (χ0) is 12.5. The Morgan fingerprint density at radius 1 is 1.18 bits per heavy atom. The molecule has 1 aromatic carbocycles. The monoisotopic (exact) mass is 238 g/mol. The molecule has 0 spiro atoms. The molecule has 0 unspecified atom stereocenters. The molecule has 0 aliphatic rings. The number of para-hydroxylation sites is 2. The summed E-state index contributed by atoms with van der Waals surface area (Å²) in [5.74, 6) is 0.760. The van der Waals surface area contributed by atoms with E-state index in [0.717, 1.165) is 32.0 Å². The molecule has 1 rings (SSSR count). The molecule has 17 heavy (non-hydrogen) atoms. The number of benzene rings is 1. The highest BCUT2D eigenvalue weighted by molar-refractivity contribution is 5.51. The minimum atomic E-state index is 0.645. The van der Waals surface area contributed by atoms with Crippen molar-refractivity contribution in [2.45, 2.75) is 6.92 Å². The van der Waals surface area contributed by atoms with E-state index in [4.69, 9.17) is 15.2 Å². The minimum absolute atomic E-state index is 0.645. The fourth-order valence-corrected chi connectivity index (χ4v) is 1.55. The van der Waals surface area contributed by atoms with Crippen LogP contribution in [-0.4, -0.2) is 44.9 Å². The number of likely N-dealkylation sites (N-methyl/N-ethyl adjacent to an activating group) is 1. The van der Waals surface area contributed by atoms with Gasteiger partial charge in [0.05, 0.1) is 12.3 Å². The lowest BCUT2D eigenvalue weighted by Gasteiger charge is -2.20. The number of nitrogens with zero attached hydrogens (tertiary/aromatic N) is 1. The Labute approximate surface area is 103 Å². The van der Waals surface area contributed by atoms with Gasteiger partial charge < -0.3 is 15.2 Å². The van der Waals surface area contributed by atoms with Crippen molar-refractivity contribution in [3.63, 3.8) is 0 Å². The van der Waals surface area contributed by atoms with Gasteiger partial charge in [-0.15, -0.1) is 0 Å². The van der Waals surface area contributed by atoms with Crippen LogP contribution in [0.25, 0.3) is 0 Å². The summed E-state index contributed by atoms with van der Waals surface area (Å²) in [7, 11) is 1.72. The maximum atomic E-state index is 5.79. The molecule has 0 atom stereocenters. The quantitative estimate of drug-likeness (QED) is 0.699. The van der Waals surface area contributed by atoms with Crippen LogP contribution in [0.2, 0.25) is 0 Å². The van der Waals surface area contributed by atoms with Crippen LogP contribution in [0, 0.1) is 0 Å². The number of anilines is 1. The van der Waals surface area contributed by atoms with Gasteiger partial charge in [-0.05, 0) is 18.7 Å². The number of methoxy groups -OCH3 is 1. The van der Waals surface area contributed by atoms with Crippen LogP contribution in [-0.2, 0) is 4.74 Å². The van der Waals surface area contributed by atoms with Gasteiger partial charge in [0.15, 0.2) is 0 Å². The predicted octanol–water partition coefficient (Wildman–Crippen LogP) is 1.62. The lowest BCUT2D eigenvalue weighted by atomic mass is 10.3. The topological polar surface area (TPSA) is 47.7 Å². The summed E-state index contributed by atoms with van der Waals surface area (Å²) in [6, 6.07) is 7.56. The van der Waals surface area contributed by atoms with E-state index in [1.807, 2.05) is 24.3 Å². The maximum absolute atomic E-state index is 5.79. The SMILES string of the molecule is CCN(CCOC)CCOc1ccccc1N. The Morgan fingerprint density at radius 3 is 2.53 bits per heavy atom. The third-order valence-corrected chi connectivity index (χ3v) is 2.64. The Hall–Kier alpha value is -1.26. The minimum Gasteiger partial charge on any atom is -0.490 e. The molecule has 4 nitrogen and oxygen atoms in total. The highest BCUT2D eigenvalue weighted by atomic mass is 16.5. The molecule has 0 aliphatic heterocycles. The van der Waals surface area contributed by atoms with Gasteiger partial charge in [-0.3, -0.25) is 4.90 Å². The van der Waals surface area contributed by atoms with Gasteiger partial charge in [-0.25, -0.2) is 0 Å². The molecule has 0 amide bonds. The molecule has 4 heteroatoms. The first-order valence-corrected chi connectivity index (χ1v) is 5.96. The van der Waals surface area contributed by atoms with Crippen molar-refractivity contribution in [1.82, 2.24) is 4.90 Å². The van der Waals surface area contributed by atoms with E-state index in [0.29, 0.717) is 12.3 Å². The van der Waals surface area contributed by atoms with Crippen molar-refractivity contribution < 1.29 is 9.47 Å². The molecule has 0 aromatic heterocycles. The standard InChI is InChI=1S/C13H22N2O2/c1-3-15(8-10-16-2)9-11-17-13-7-5-4-6-12(13)14/h4-7H,3,8-11,14H2,1-2H3. The van der Waals surface area contributed by atoms with Crippen LogP contribution in [0.5, 0.6) is 5.75 Å². The average molecular weight is 238 g/mol. The van der Waals surface area contributed by atoms with E-state index < -0.39 is 0 Å². The van der Waals surface area contributed by atoms with Gasteiger partial charge in [0.25, 0.3) is 0 Å². The molecule has 0 saturated heterocycles. The summed E-state index contributed by atoms with van der Waals surface area (Å²) >= 11 is 0. The van der Waals surface area contributed by atoms with Crippen molar-refractivity contribution in [3.05, 3.63) is 24.3 Å². The van der Waals surface area contributed by atoms with Gasteiger partial charge in [0.2, 0.25) is 0 Å². The van der Waals surface area contributed by atoms with Gasteiger partial charge in [0, 0.05) is 20.2 Å². The molecule has 0 bridgehead atoms. The van der Waals surface area contributed by atoms with Crippen molar-refractivity contribution in [2.75, 3.05) is 45.7 Å². The Kier molecular flexibility index (Phi) is 6.43. The summed E-state index contributed by atoms with van der Waals surface area (Å²) in [6.45, 7) is 6.34. The normalized spacial score (nSPS) is 10.8. The molecule has 2 N–H and O–H groups in total. The Morgan fingerprint density at radius 2 is 1.88 bits per heavy atom. The number of hydrogen-bond donors (Lipinski definition) is 1. The van der Waals surface area contributed by atoms with Crippen molar-refractivity contribution in [2.24, 2.45) is 0 Å². The van der Waals surface area contributed by atoms with Crippen LogP contribution in [0.3, 0.4) is 0 Å². The van der Waals surface area contributed by atoms with E-state index in [1.165, 1.54) is 0 Å². The predicted molar refractivity (Wildman–Crippen MR) is 70.3 cm³/mol. The van der Waals surface area contributed by atoms with E-state index in [2.05, 4.69) is 11.8 Å². The summed E-state index contributed by atoms with van der Waals surface area (Å²) in [5, 5.41) is 0. The van der Waals surface area contributed by atoms with Crippen molar-refractivity contribution >= 4 is 5.69 Å². The van der Waals surface area contributed by atoms with Crippen LogP contribution < -0.4 is 10.5 Å².